The summed E-state index contributed by atoms with van der Waals surface area (Å²) in [6.45, 7) is 0.843. The Labute approximate surface area is 183 Å². The van der Waals surface area contributed by atoms with E-state index in [0.717, 1.165) is 5.56 Å². The fourth-order valence-electron chi connectivity index (χ4n) is 4.51. The third kappa shape index (κ3) is 2.81. The number of fused-ring (bicyclic) bond motifs is 2. The third-order valence-electron chi connectivity index (χ3n) is 5.84. The smallest absolute Gasteiger partial charge is 0.257 e. The standard InChI is InChI=1S/C23H17Cl2N3O2/c24-17-8-6-16(7-9-17)23-14-20-19(5-2-10-26-20)22(30)28(23)12-11-27(23)21(29)15-3-1-4-18(25)13-15/h1-10,13H,11-12,14H2. The van der Waals surface area contributed by atoms with Crippen molar-refractivity contribution in [1.29, 1.82) is 0 Å². The molecule has 0 spiro atoms. The molecule has 5 rings (SSSR count). The topological polar surface area (TPSA) is 53.5 Å². The lowest BCUT2D eigenvalue weighted by molar-refractivity contribution is 0.00704. The number of rotatable bonds is 2. The van der Waals surface area contributed by atoms with Crippen LogP contribution in [-0.4, -0.2) is 39.7 Å². The molecule has 30 heavy (non-hydrogen) atoms. The van der Waals surface area contributed by atoms with Gasteiger partial charge in [0.1, 0.15) is 5.66 Å². The van der Waals surface area contributed by atoms with E-state index in [2.05, 4.69) is 4.98 Å². The summed E-state index contributed by atoms with van der Waals surface area (Å²) in [5.41, 5.74) is 1.60. The number of hydrogen-bond acceptors (Lipinski definition) is 3. The fraction of sp³-hybridized carbons (Fsp3) is 0.174. The number of pyridine rings is 1. The monoisotopic (exact) mass is 437 g/mol. The minimum atomic E-state index is -0.970. The Morgan fingerprint density at radius 2 is 1.77 bits per heavy atom. The number of hydrogen-bond donors (Lipinski definition) is 0. The highest BCUT2D eigenvalue weighted by atomic mass is 35.5. The molecule has 2 aliphatic heterocycles. The first kappa shape index (κ1) is 19.1. The molecule has 0 N–H and O–H groups in total. The predicted octanol–water partition coefficient (Wildman–Crippen LogP) is 4.40. The summed E-state index contributed by atoms with van der Waals surface area (Å²) >= 11 is 12.3. The molecule has 1 fully saturated rings. The maximum atomic E-state index is 13.6. The van der Waals surface area contributed by atoms with Crippen LogP contribution in [0.4, 0.5) is 0 Å². The molecule has 0 saturated carbocycles. The molecule has 3 heterocycles. The van der Waals surface area contributed by atoms with Crippen molar-refractivity contribution in [3.05, 3.63) is 99.3 Å². The van der Waals surface area contributed by atoms with Crippen LogP contribution in [0.5, 0.6) is 0 Å². The number of benzene rings is 2. The van der Waals surface area contributed by atoms with Crippen LogP contribution >= 0.6 is 23.2 Å². The summed E-state index contributed by atoms with van der Waals surface area (Å²) in [7, 11) is 0. The maximum Gasteiger partial charge on any atom is 0.257 e. The Hall–Kier alpha value is -2.89. The average Bonchev–Trinajstić information content (AvgIpc) is 3.14. The van der Waals surface area contributed by atoms with Crippen molar-refractivity contribution >= 4 is 35.0 Å². The van der Waals surface area contributed by atoms with Gasteiger partial charge in [-0.1, -0.05) is 41.4 Å². The Morgan fingerprint density at radius 1 is 0.967 bits per heavy atom. The van der Waals surface area contributed by atoms with Gasteiger partial charge in [-0.15, -0.1) is 0 Å². The summed E-state index contributed by atoms with van der Waals surface area (Å²) < 4.78 is 0. The normalized spacial score (nSPS) is 20.1. The van der Waals surface area contributed by atoms with Crippen molar-refractivity contribution in [3.63, 3.8) is 0 Å². The van der Waals surface area contributed by atoms with Crippen molar-refractivity contribution < 1.29 is 9.59 Å². The van der Waals surface area contributed by atoms with Crippen LogP contribution in [0, 0.1) is 0 Å². The van der Waals surface area contributed by atoms with Crippen LogP contribution in [0.2, 0.25) is 10.0 Å². The van der Waals surface area contributed by atoms with Gasteiger partial charge in [-0.3, -0.25) is 14.6 Å². The summed E-state index contributed by atoms with van der Waals surface area (Å²) in [6, 6.07) is 17.7. The Bertz CT molecular complexity index is 1170. The van der Waals surface area contributed by atoms with E-state index in [-0.39, 0.29) is 11.8 Å². The van der Waals surface area contributed by atoms with Crippen LogP contribution in [0.3, 0.4) is 0 Å². The van der Waals surface area contributed by atoms with Gasteiger partial charge in [0.25, 0.3) is 11.8 Å². The van der Waals surface area contributed by atoms with Gasteiger partial charge in [-0.25, -0.2) is 0 Å². The van der Waals surface area contributed by atoms with Crippen LogP contribution in [0.1, 0.15) is 32.0 Å². The van der Waals surface area contributed by atoms with Gasteiger partial charge in [0.15, 0.2) is 0 Å². The molecule has 2 aliphatic rings. The Kier molecular flexibility index (Phi) is 4.53. The van der Waals surface area contributed by atoms with Gasteiger partial charge in [-0.05, 0) is 48.0 Å². The van der Waals surface area contributed by atoms with Crippen molar-refractivity contribution in [2.45, 2.75) is 12.1 Å². The second-order valence-electron chi connectivity index (χ2n) is 7.42. The highest BCUT2D eigenvalue weighted by molar-refractivity contribution is 6.31. The van der Waals surface area contributed by atoms with Gasteiger partial charge >= 0.3 is 0 Å². The van der Waals surface area contributed by atoms with E-state index in [4.69, 9.17) is 23.2 Å². The molecule has 1 unspecified atom stereocenters. The first-order valence-electron chi connectivity index (χ1n) is 9.60. The zero-order valence-electron chi connectivity index (χ0n) is 15.9. The van der Waals surface area contributed by atoms with Crippen LogP contribution in [-0.2, 0) is 12.1 Å². The van der Waals surface area contributed by atoms with Crippen molar-refractivity contribution in [2.75, 3.05) is 13.1 Å². The van der Waals surface area contributed by atoms with E-state index in [1.54, 1.807) is 64.5 Å². The van der Waals surface area contributed by atoms with Crippen molar-refractivity contribution in [2.24, 2.45) is 0 Å². The molecule has 150 valence electrons. The number of halogens is 2. The van der Waals surface area contributed by atoms with E-state index in [1.165, 1.54) is 0 Å². The van der Waals surface area contributed by atoms with Gasteiger partial charge in [0, 0.05) is 41.3 Å². The highest BCUT2D eigenvalue weighted by Gasteiger charge is 2.56. The molecule has 0 radical (unpaired) electrons. The Morgan fingerprint density at radius 3 is 2.53 bits per heavy atom. The SMILES string of the molecule is O=C(c1cccc(Cl)c1)N1CCN2C(=O)c3cccnc3CC12c1ccc(Cl)cc1. The highest BCUT2D eigenvalue weighted by Crippen LogP contribution is 2.45. The largest absolute Gasteiger partial charge is 0.309 e. The molecule has 1 aromatic heterocycles. The fourth-order valence-corrected chi connectivity index (χ4v) is 4.82. The third-order valence-corrected chi connectivity index (χ3v) is 6.33. The van der Waals surface area contributed by atoms with Crippen LogP contribution in [0.15, 0.2) is 66.9 Å². The minimum Gasteiger partial charge on any atom is -0.309 e. The average molecular weight is 438 g/mol. The number of nitrogens with zero attached hydrogens (tertiary/aromatic N) is 3. The lowest BCUT2D eigenvalue weighted by atomic mass is 9.86. The second kappa shape index (κ2) is 7.11. The quantitative estimate of drug-likeness (QED) is 0.596. The molecule has 5 nitrogen and oxygen atoms in total. The lowest BCUT2D eigenvalue weighted by Gasteiger charge is -2.47. The molecule has 7 heteroatoms. The van der Waals surface area contributed by atoms with Crippen molar-refractivity contribution in [3.8, 4) is 0 Å². The molecule has 1 saturated heterocycles. The van der Waals surface area contributed by atoms with Crippen LogP contribution in [0.25, 0.3) is 0 Å². The number of carbonyl (C=O) groups is 2. The summed E-state index contributed by atoms with van der Waals surface area (Å²) in [6.07, 6.45) is 2.08. The summed E-state index contributed by atoms with van der Waals surface area (Å²) in [4.78, 5) is 35.0. The summed E-state index contributed by atoms with van der Waals surface area (Å²) in [5.74, 6) is -0.303. The maximum absolute atomic E-state index is 13.6. The van der Waals surface area contributed by atoms with Gasteiger partial charge in [-0.2, -0.15) is 0 Å². The van der Waals surface area contributed by atoms with Crippen molar-refractivity contribution in [1.82, 2.24) is 14.8 Å². The molecule has 2 aromatic carbocycles. The molecule has 1 atom stereocenters. The van der Waals surface area contributed by atoms with E-state index < -0.39 is 5.66 Å². The minimum absolute atomic E-state index is 0.124. The first-order chi connectivity index (χ1) is 14.5. The molecular formula is C23H17Cl2N3O2. The zero-order chi connectivity index (χ0) is 20.9. The lowest BCUT2D eigenvalue weighted by Crippen LogP contribution is -2.58. The van der Waals surface area contributed by atoms with Gasteiger partial charge < -0.3 is 9.80 Å². The molecular weight excluding hydrogens is 421 g/mol. The zero-order valence-corrected chi connectivity index (χ0v) is 17.4. The van der Waals surface area contributed by atoms with Gasteiger partial charge in [0.2, 0.25) is 0 Å². The molecule has 0 aliphatic carbocycles. The van der Waals surface area contributed by atoms with Gasteiger partial charge in [0.05, 0.1) is 11.3 Å². The molecule has 2 amide bonds. The molecule has 3 aromatic rings. The number of amides is 2. The number of carbonyl (C=O) groups excluding carboxylic acids is 2. The second-order valence-corrected chi connectivity index (χ2v) is 8.29. The molecule has 0 bridgehead atoms. The predicted molar refractivity (Wildman–Crippen MR) is 115 cm³/mol. The van der Waals surface area contributed by atoms with E-state index >= 15 is 0 Å². The first-order valence-corrected chi connectivity index (χ1v) is 10.4. The van der Waals surface area contributed by atoms with E-state index in [1.807, 2.05) is 12.1 Å². The summed E-state index contributed by atoms with van der Waals surface area (Å²) in [5, 5.41) is 1.08. The number of aromatic nitrogens is 1. The van der Waals surface area contributed by atoms with E-state index in [9.17, 15) is 9.59 Å². The Balaban J connectivity index is 1.70. The van der Waals surface area contributed by atoms with E-state index in [0.29, 0.717) is 46.4 Å². The van der Waals surface area contributed by atoms with Crippen LogP contribution < -0.4 is 0 Å².